The first kappa shape index (κ1) is 35.1. The number of phenols is 1. The summed E-state index contributed by atoms with van der Waals surface area (Å²) in [4.78, 5) is 42.0. The Morgan fingerprint density at radius 2 is 1.81 bits per heavy atom. The molecule has 0 radical (unpaired) electrons. The molecule has 1 heterocycles. The summed E-state index contributed by atoms with van der Waals surface area (Å²) in [6.07, 6.45) is 2.51. The molecule has 0 saturated heterocycles. The van der Waals surface area contributed by atoms with Crippen LogP contribution in [0, 0.1) is 11.8 Å². The molecule has 0 saturated carbocycles. The lowest BCUT2D eigenvalue weighted by atomic mass is 9.95. The average molecular weight is 608 g/mol. The maximum atomic E-state index is 13.3. The van der Waals surface area contributed by atoms with Crippen LogP contribution in [-0.2, 0) is 25.5 Å². The van der Waals surface area contributed by atoms with Gasteiger partial charge in [0.2, 0.25) is 5.91 Å². The Bertz CT molecular complexity index is 1110. The lowest BCUT2D eigenvalue weighted by Crippen LogP contribution is -2.43. The van der Waals surface area contributed by atoms with E-state index in [1.54, 1.807) is 42.2 Å². The molecule has 0 unspecified atom stereocenters. The number of aromatic hydroxyl groups is 1. The summed E-state index contributed by atoms with van der Waals surface area (Å²) in [5.74, 6) is -1.51. The van der Waals surface area contributed by atoms with Crippen molar-refractivity contribution in [2.45, 2.75) is 84.9 Å². The molecule has 0 spiro atoms. The van der Waals surface area contributed by atoms with Crippen LogP contribution in [0.25, 0.3) is 0 Å². The number of amides is 2. The van der Waals surface area contributed by atoms with E-state index in [9.17, 15) is 19.5 Å². The van der Waals surface area contributed by atoms with Gasteiger partial charge in [0.05, 0.1) is 6.73 Å². The highest BCUT2D eigenvalue weighted by molar-refractivity contribution is 7.09. The number of hydrogen-bond donors (Lipinski definition) is 6. The third-order valence-electron chi connectivity index (χ3n) is 6.72. The van der Waals surface area contributed by atoms with Crippen LogP contribution in [0.4, 0.5) is 0 Å². The number of rotatable bonds is 19. The van der Waals surface area contributed by atoms with E-state index in [1.165, 1.54) is 18.3 Å². The minimum absolute atomic E-state index is 0.0205. The number of nitrogens with zero attached hydrogens (tertiary/aromatic N) is 1. The maximum absolute atomic E-state index is 13.3. The van der Waals surface area contributed by atoms with Crippen LogP contribution >= 0.6 is 11.3 Å². The van der Waals surface area contributed by atoms with Crippen molar-refractivity contribution in [2.24, 2.45) is 11.8 Å². The minimum Gasteiger partial charge on any atom is -0.508 e. The summed E-state index contributed by atoms with van der Waals surface area (Å²) in [6.45, 7) is 10.3. The van der Waals surface area contributed by atoms with Crippen molar-refractivity contribution in [3.8, 4) is 5.75 Å². The second-order valence-corrected chi connectivity index (χ2v) is 11.5. The molecule has 42 heavy (non-hydrogen) atoms. The molecule has 6 N–H and O–H groups in total. The molecule has 1 aromatic carbocycles. The Morgan fingerprint density at radius 3 is 2.43 bits per heavy atom. The summed E-state index contributed by atoms with van der Waals surface area (Å²) in [6, 6.07) is 6.11. The van der Waals surface area contributed by atoms with E-state index in [-0.39, 0.29) is 29.8 Å². The second kappa shape index (κ2) is 18.4. The van der Waals surface area contributed by atoms with Gasteiger partial charge in [0.25, 0.3) is 5.91 Å². The molecule has 12 nitrogen and oxygen atoms in total. The van der Waals surface area contributed by atoms with Crippen LogP contribution in [-0.4, -0.2) is 58.5 Å². The van der Waals surface area contributed by atoms with Crippen molar-refractivity contribution in [1.82, 2.24) is 26.6 Å². The molecular formula is C29H45N5O7S. The zero-order chi connectivity index (χ0) is 31.1. The van der Waals surface area contributed by atoms with Gasteiger partial charge in [-0.2, -0.15) is 0 Å². The van der Waals surface area contributed by atoms with Gasteiger partial charge >= 0.3 is 5.97 Å². The van der Waals surface area contributed by atoms with Crippen molar-refractivity contribution in [2.75, 3.05) is 13.3 Å². The molecular weight excluding hydrogens is 562 g/mol. The van der Waals surface area contributed by atoms with Crippen molar-refractivity contribution in [3.63, 3.8) is 0 Å². The van der Waals surface area contributed by atoms with Gasteiger partial charge < -0.3 is 19.9 Å². The van der Waals surface area contributed by atoms with Gasteiger partial charge in [-0.15, -0.1) is 16.9 Å². The van der Waals surface area contributed by atoms with Crippen LogP contribution in [0.1, 0.15) is 87.5 Å². The first-order valence-electron chi connectivity index (χ1n) is 14.2. The third-order valence-corrected chi connectivity index (χ3v) is 7.66. The molecule has 1 aromatic heterocycles. The largest absolute Gasteiger partial charge is 0.508 e. The fourth-order valence-electron chi connectivity index (χ4n) is 4.33. The number of nitrogens with one attached hydrogen (secondary N) is 4. The fraction of sp³-hybridized carbons (Fsp3) is 0.586. The first-order valence-corrected chi connectivity index (χ1v) is 15.1. The number of hydrazine groups is 1. The summed E-state index contributed by atoms with van der Waals surface area (Å²) in [7, 11) is 0. The van der Waals surface area contributed by atoms with Crippen LogP contribution in [0.2, 0.25) is 0 Å². The number of carbonyl (C=O) groups is 3. The fourth-order valence-corrected chi connectivity index (χ4v) is 5.17. The number of carbonyl (C=O) groups excluding carboxylic acids is 3. The number of aromatic nitrogens is 1. The number of esters is 1. The van der Waals surface area contributed by atoms with Gasteiger partial charge in [-0.1, -0.05) is 46.2 Å². The first-order chi connectivity index (χ1) is 20.0. The topological polar surface area (TPSA) is 171 Å². The SMILES string of the molecule is CCCCOCN[C@H](C[C@@H](OC(C)=O)c1nc(C(=O)N[C@@H](Cc2ccc(O)cc2)C[C@H](C)C(=O)NNO)cs1)C(C)C. The summed E-state index contributed by atoms with van der Waals surface area (Å²) in [5.41, 5.74) is 4.81. The minimum atomic E-state index is -0.646. The zero-order valence-electron chi connectivity index (χ0n) is 25.0. The van der Waals surface area contributed by atoms with Gasteiger partial charge in [0.1, 0.15) is 16.5 Å². The number of hydrogen-bond acceptors (Lipinski definition) is 11. The van der Waals surface area contributed by atoms with Gasteiger partial charge in [0.15, 0.2) is 6.10 Å². The molecule has 0 aliphatic rings. The van der Waals surface area contributed by atoms with E-state index < -0.39 is 35.8 Å². The summed E-state index contributed by atoms with van der Waals surface area (Å²) < 4.78 is 11.3. The molecule has 0 fully saturated rings. The Balaban J connectivity index is 2.17. The zero-order valence-corrected chi connectivity index (χ0v) is 25.8. The van der Waals surface area contributed by atoms with E-state index in [1.807, 2.05) is 0 Å². The lowest BCUT2D eigenvalue weighted by Gasteiger charge is -2.26. The van der Waals surface area contributed by atoms with E-state index in [2.05, 4.69) is 41.8 Å². The van der Waals surface area contributed by atoms with Crippen molar-refractivity contribution >= 4 is 29.1 Å². The predicted molar refractivity (Wildman–Crippen MR) is 159 cm³/mol. The third kappa shape index (κ3) is 12.4. The van der Waals surface area contributed by atoms with Gasteiger partial charge in [-0.3, -0.25) is 30.3 Å². The lowest BCUT2D eigenvalue weighted by molar-refractivity contribution is -0.147. The quantitative estimate of drug-likeness (QED) is 0.0600. The maximum Gasteiger partial charge on any atom is 0.303 e. The predicted octanol–water partition coefficient (Wildman–Crippen LogP) is 3.61. The van der Waals surface area contributed by atoms with Crippen LogP contribution in [0.3, 0.4) is 0 Å². The molecule has 2 rings (SSSR count). The molecule has 0 aliphatic carbocycles. The highest BCUT2D eigenvalue weighted by atomic mass is 32.1. The van der Waals surface area contributed by atoms with Gasteiger partial charge in [0, 0.05) is 43.3 Å². The number of unbranched alkanes of at least 4 members (excludes halogenated alkanes) is 1. The van der Waals surface area contributed by atoms with Crippen molar-refractivity contribution < 1.29 is 34.2 Å². The molecule has 4 atom stereocenters. The van der Waals surface area contributed by atoms with E-state index >= 15 is 0 Å². The Hall–Kier alpha value is -3.10. The number of ether oxygens (including phenoxy) is 2. The van der Waals surface area contributed by atoms with Crippen molar-refractivity contribution in [1.29, 1.82) is 0 Å². The van der Waals surface area contributed by atoms with E-state index in [0.29, 0.717) is 31.2 Å². The van der Waals surface area contributed by atoms with Crippen LogP contribution in [0.5, 0.6) is 5.75 Å². The number of phenolic OH excluding ortho intramolecular Hbond substituents is 1. The van der Waals surface area contributed by atoms with E-state index in [0.717, 1.165) is 18.4 Å². The van der Waals surface area contributed by atoms with Crippen molar-refractivity contribution in [3.05, 3.63) is 45.9 Å². The molecule has 13 heteroatoms. The Kier molecular flexibility index (Phi) is 15.4. The Labute approximate surface area is 251 Å². The standard InChI is InChI=1S/C29H45N5O7S/c1-6-7-12-40-17-30-24(18(2)3)15-26(41-20(5)35)29-32-25(16-42-29)28(38)31-22(13-19(4)27(37)33-34-39)14-21-8-10-23(36)11-9-21/h8-11,16,18-19,22,24,26,30,34,36,39H,6-7,12-15,17H2,1-5H3,(H,31,38)(H,33,37)/t19-,22+,24+,26+/m0/s1. The molecule has 234 valence electrons. The summed E-state index contributed by atoms with van der Waals surface area (Å²) in [5, 5.41) is 26.9. The second-order valence-electron chi connectivity index (χ2n) is 10.6. The number of thiazole rings is 1. The van der Waals surface area contributed by atoms with Gasteiger partial charge in [-0.05, 0) is 42.9 Å². The monoisotopic (exact) mass is 607 g/mol. The molecule has 2 amide bonds. The highest BCUT2D eigenvalue weighted by Gasteiger charge is 2.27. The average Bonchev–Trinajstić information content (AvgIpc) is 3.43. The molecule has 2 aromatic rings. The molecule has 0 bridgehead atoms. The summed E-state index contributed by atoms with van der Waals surface area (Å²) >= 11 is 1.24. The Morgan fingerprint density at radius 1 is 1.10 bits per heavy atom. The van der Waals surface area contributed by atoms with Crippen LogP contribution in [0.15, 0.2) is 29.6 Å². The normalized spacial score (nSPS) is 14.2. The number of benzene rings is 1. The van der Waals surface area contributed by atoms with E-state index in [4.69, 9.17) is 14.7 Å². The van der Waals surface area contributed by atoms with Crippen LogP contribution < -0.4 is 21.6 Å². The highest BCUT2D eigenvalue weighted by Crippen LogP contribution is 2.28. The smallest absolute Gasteiger partial charge is 0.303 e. The van der Waals surface area contributed by atoms with Gasteiger partial charge in [-0.25, -0.2) is 4.98 Å². The molecule has 0 aliphatic heterocycles.